The Hall–Kier alpha value is -1.59. The van der Waals surface area contributed by atoms with Gasteiger partial charge in [-0.05, 0) is 36.2 Å². The number of aromatic amines is 1. The minimum atomic E-state index is -0.0296. The standard InChI is InChI=1S/C17H18Cl2N4/c18-12-6-5-11(14(19)8-12)7-13(20)9-21-10-17-22-15-3-1-2-4-16(15)23-17/h1-6,8,13,21H,7,9-10,20H2,(H,22,23). The molecular formula is C17H18Cl2N4. The van der Waals surface area contributed by atoms with Gasteiger partial charge in [-0.2, -0.15) is 0 Å². The summed E-state index contributed by atoms with van der Waals surface area (Å²) in [5.41, 5.74) is 9.19. The molecule has 0 saturated heterocycles. The van der Waals surface area contributed by atoms with Crippen molar-refractivity contribution in [2.24, 2.45) is 5.73 Å². The van der Waals surface area contributed by atoms with Gasteiger partial charge in [0.1, 0.15) is 5.82 Å². The first-order valence-corrected chi connectivity index (χ1v) is 8.21. The van der Waals surface area contributed by atoms with Crippen molar-refractivity contribution >= 4 is 34.2 Å². The largest absolute Gasteiger partial charge is 0.341 e. The van der Waals surface area contributed by atoms with Crippen LogP contribution in [0.2, 0.25) is 10.0 Å². The SMILES string of the molecule is NC(CNCc1nc2ccccc2[nH]1)Cc1ccc(Cl)cc1Cl. The lowest BCUT2D eigenvalue weighted by Crippen LogP contribution is -2.35. The number of benzene rings is 2. The van der Waals surface area contributed by atoms with E-state index in [0.717, 1.165) is 22.4 Å². The number of fused-ring (bicyclic) bond motifs is 1. The molecule has 0 bridgehead atoms. The topological polar surface area (TPSA) is 66.7 Å². The highest BCUT2D eigenvalue weighted by Gasteiger charge is 2.08. The molecule has 0 aliphatic carbocycles. The predicted molar refractivity (Wildman–Crippen MR) is 95.9 cm³/mol. The summed E-state index contributed by atoms with van der Waals surface area (Å²) in [7, 11) is 0. The summed E-state index contributed by atoms with van der Waals surface area (Å²) in [5.74, 6) is 0.905. The van der Waals surface area contributed by atoms with Crippen LogP contribution >= 0.6 is 23.2 Å². The van der Waals surface area contributed by atoms with Crippen molar-refractivity contribution in [3.05, 3.63) is 63.9 Å². The number of H-pyrrole nitrogens is 1. The van der Waals surface area contributed by atoms with Crippen LogP contribution in [-0.4, -0.2) is 22.6 Å². The fourth-order valence-electron chi connectivity index (χ4n) is 2.51. The molecule has 120 valence electrons. The van der Waals surface area contributed by atoms with Gasteiger partial charge in [0, 0.05) is 22.6 Å². The number of para-hydroxylation sites is 2. The van der Waals surface area contributed by atoms with Gasteiger partial charge in [-0.3, -0.25) is 0 Å². The Morgan fingerprint density at radius 1 is 1.17 bits per heavy atom. The quantitative estimate of drug-likeness (QED) is 0.638. The van der Waals surface area contributed by atoms with E-state index in [1.165, 1.54) is 0 Å². The number of hydrogen-bond acceptors (Lipinski definition) is 3. The molecule has 3 rings (SSSR count). The Morgan fingerprint density at radius 2 is 2.00 bits per heavy atom. The molecule has 0 saturated carbocycles. The normalized spacial score (nSPS) is 12.7. The maximum Gasteiger partial charge on any atom is 0.121 e. The summed E-state index contributed by atoms with van der Waals surface area (Å²) >= 11 is 12.1. The highest BCUT2D eigenvalue weighted by atomic mass is 35.5. The first-order chi connectivity index (χ1) is 11.1. The van der Waals surface area contributed by atoms with Crippen LogP contribution in [0.3, 0.4) is 0 Å². The van der Waals surface area contributed by atoms with Gasteiger partial charge in [-0.1, -0.05) is 41.4 Å². The van der Waals surface area contributed by atoms with Gasteiger partial charge < -0.3 is 16.0 Å². The summed E-state index contributed by atoms with van der Waals surface area (Å²) in [4.78, 5) is 7.81. The van der Waals surface area contributed by atoms with E-state index >= 15 is 0 Å². The number of nitrogens with one attached hydrogen (secondary N) is 2. The molecule has 4 N–H and O–H groups in total. The third kappa shape index (κ3) is 4.24. The number of hydrogen-bond donors (Lipinski definition) is 3. The van der Waals surface area contributed by atoms with Crippen LogP contribution in [0.25, 0.3) is 11.0 Å². The summed E-state index contributed by atoms with van der Waals surface area (Å²) < 4.78 is 0. The molecule has 0 aliphatic rings. The molecule has 0 radical (unpaired) electrons. The maximum atomic E-state index is 6.17. The monoisotopic (exact) mass is 348 g/mol. The summed E-state index contributed by atoms with van der Waals surface area (Å²) in [6.07, 6.45) is 0.698. The van der Waals surface area contributed by atoms with Crippen LogP contribution < -0.4 is 11.1 Å². The molecule has 1 heterocycles. The number of aromatic nitrogens is 2. The molecule has 23 heavy (non-hydrogen) atoms. The van der Waals surface area contributed by atoms with Crippen molar-refractivity contribution in [2.45, 2.75) is 19.0 Å². The smallest absolute Gasteiger partial charge is 0.121 e. The first kappa shape index (κ1) is 16.3. The van der Waals surface area contributed by atoms with Gasteiger partial charge in [-0.15, -0.1) is 0 Å². The Labute approximate surface area is 145 Å². The van der Waals surface area contributed by atoms with Crippen LogP contribution in [0, 0.1) is 0 Å². The average molecular weight is 349 g/mol. The number of nitrogens with two attached hydrogens (primary N) is 1. The average Bonchev–Trinajstić information content (AvgIpc) is 2.93. The van der Waals surface area contributed by atoms with Crippen molar-refractivity contribution in [2.75, 3.05) is 6.54 Å². The molecule has 0 fully saturated rings. The van der Waals surface area contributed by atoms with Crippen LogP contribution in [0.15, 0.2) is 42.5 Å². The van der Waals surface area contributed by atoms with E-state index in [4.69, 9.17) is 28.9 Å². The molecular weight excluding hydrogens is 331 g/mol. The zero-order chi connectivity index (χ0) is 16.2. The predicted octanol–water partition coefficient (Wildman–Crippen LogP) is 3.53. The Morgan fingerprint density at radius 3 is 2.78 bits per heavy atom. The Bertz CT molecular complexity index is 767. The van der Waals surface area contributed by atoms with Crippen LogP contribution in [0.4, 0.5) is 0 Å². The van der Waals surface area contributed by atoms with E-state index in [1.54, 1.807) is 6.07 Å². The Balaban J connectivity index is 1.51. The lowest BCUT2D eigenvalue weighted by molar-refractivity contribution is 0.565. The van der Waals surface area contributed by atoms with E-state index in [0.29, 0.717) is 29.6 Å². The van der Waals surface area contributed by atoms with Gasteiger partial charge in [0.25, 0.3) is 0 Å². The van der Waals surface area contributed by atoms with Crippen LogP contribution in [0.1, 0.15) is 11.4 Å². The molecule has 2 aromatic carbocycles. The highest BCUT2D eigenvalue weighted by molar-refractivity contribution is 6.35. The minimum Gasteiger partial charge on any atom is -0.341 e. The van der Waals surface area contributed by atoms with Crippen molar-refractivity contribution in [3.63, 3.8) is 0 Å². The number of rotatable bonds is 6. The minimum absolute atomic E-state index is 0.0296. The zero-order valence-corrected chi connectivity index (χ0v) is 14.0. The van der Waals surface area contributed by atoms with Gasteiger partial charge in [-0.25, -0.2) is 4.98 Å². The molecule has 0 amide bonds. The van der Waals surface area contributed by atoms with Crippen molar-refractivity contribution < 1.29 is 0 Å². The molecule has 6 heteroatoms. The number of nitrogens with zero attached hydrogens (tertiary/aromatic N) is 1. The fourth-order valence-corrected chi connectivity index (χ4v) is 2.99. The van der Waals surface area contributed by atoms with E-state index in [1.807, 2.05) is 36.4 Å². The molecule has 1 aromatic heterocycles. The molecule has 0 aliphatic heterocycles. The van der Waals surface area contributed by atoms with Gasteiger partial charge in [0.05, 0.1) is 17.6 Å². The number of halogens is 2. The molecule has 4 nitrogen and oxygen atoms in total. The lowest BCUT2D eigenvalue weighted by atomic mass is 10.1. The van der Waals surface area contributed by atoms with Crippen LogP contribution in [0.5, 0.6) is 0 Å². The second-order valence-electron chi connectivity index (χ2n) is 5.53. The van der Waals surface area contributed by atoms with Gasteiger partial charge in [0.15, 0.2) is 0 Å². The molecule has 1 atom stereocenters. The van der Waals surface area contributed by atoms with Crippen LogP contribution in [-0.2, 0) is 13.0 Å². The highest BCUT2D eigenvalue weighted by Crippen LogP contribution is 2.21. The van der Waals surface area contributed by atoms with Crippen molar-refractivity contribution in [1.29, 1.82) is 0 Å². The zero-order valence-electron chi connectivity index (χ0n) is 12.5. The van der Waals surface area contributed by atoms with E-state index in [2.05, 4.69) is 15.3 Å². The second-order valence-corrected chi connectivity index (χ2v) is 6.38. The van der Waals surface area contributed by atoms with Crippen molar-refractivity contribution in [3.8, 4) is 0 Å². The summed E-state index contributed by atoms with van der Waals surface area (Å²) in [6.45, 7) is 1.33. The van der Waals surface area contributed by atoms with Crippen molar-refractivity contribution in [1.82, 2.24) is 15.3 Å². The van der Waals surface area contributed by atoms with Gasteiger partial charge >= 0.3 is 0 Å². The lowest BCUT2D eigenvalue weighted by Gasteiger charge is -2.13. The van der Waals surface area contributed by atoms with E-state index in [-0.39, 0.29) is 6.04 Å². The van der Waals surface area contributed by atoms with E-state index < -0.39 is 0 Å². The molecule has 0 spiro atoms. The maximum absolute atomic E-state index is 6.17. The third-order valence-corrected chi connectivity index (χ3v) is 4.22. The third-order valence-electron chi connectivity index (χ3n) is 3.63. The Kier molecular flexibility index (Phi) is 5.18. The number of imidazole rings is 1. The second kappa shape index (κ2) is 7.32. The molecule has 3 aromatic rings. The van der Waals surface area contributed by atoms with E-state index in [9.17, 15) is 0 Å². The summed E-state index contributed by atoms with van der Waals surface area (Å²) in [5, 5.41) is 4.62. The first-order valence-electron chi connectivity index (χ1n) is 7.45. The van der Waals surface area contributed by atoms with Gasteiger partial charge in [0.2, 0.25) is 0 Å². The molecule has 1 unspecified atom stereocenters. The fraction of sp³-hybridized carbons (Fsp3) is 0.235. The summed E-state index contributed by atoms with van der Waals surface area (Å²) in [6, 6.07) is 13.4.